The fraction of sp³-hybridized carbons (Fsp3) is 0.462. The number of carbonyl (C=O) groups is 2. The number of hydrogen-bond donors (Lipinski definition) is 2. The molecule has 0 saturated heterocycles. The van der Waals surface area contributed by atoms with Gasteiger partial charge in [-0.2, -0.15) is 5.10 Å². The van der Waals surface area contributed by atoms with E-state index in [0.29, 0.717) is 18.7 Å². The Morgan fingerprint density at radius 3 is 2.65 bits per heavy atom. The van der Waals surface area contributed by atoms with Crippen molar-refractivity contribution in [2.24, 2.45) is 7.05 Å². The first-order chi connectivity index (χ1) is 9.35. The first kappa shape index (κ1) is 15.7. The van der Waals surface area contributed by atoms with Crippen LogP contribution in [0.3, 0.4) is 0 Å². The minimum atomic E-state index is -1.13. The van der Waals surface area contributed by atoms with Crippen molar-refractivity contribution < 1.29 is 14.7 Å². The second-order valence-electron chi connectivity index (χ2n) is 4.64. The number of nitrogens with zero attached hydrogens (tertiary/aromatic N) is 3. The van der Waals surface area contributed by atoms with E-state index in [1.807, 2.05) is 13.8 Å². The molecule has 1 aromatic rings. The van der Waals surface area contributed by atoms with Crippen molar-refractivity contribution in [2.75, 3.05) is 13.1 Å². The summed E-state index contributed by atoms with van der Waals surface area (Å²) in [5.41, 5.74) is 1.26. The van der Waals surface area contributed by atoms with Gasteiger partial charge in [-0.25, -0.2) is 9.59 Å². The van der Waals surface area contributed by atoms with Crippen LogP contribution in [0.15, 0.2) is 24.5 Å². The van der Waals surface area contributed by atoms with E-state index in [9.17, 15) is 14.7 Å². The largest absolute Gasteiger partial charge is 0.479 e. The second-order valence-corrected chi connectivity index (χ2v) is 4.64. The lowest BCUT2D eigenvalue weighted by atomic mass is 10.1. The number of aromatic nitrogens is 2. The van der Waals surface area contributed by atoms with Crippen LogP contribution in [0.2, 0.25) is 0 Å². The molecule has 0 radical (unpaired) electrons. The van der Waals surface area contributed by atoms with Gasteiger partial charge in [-0.15, -0.1) is 0 Å². The molecule has 7 nitrogen and oxygen atoms in total. The molecule has 0 spiro atoms. The predicted molar refractivity (Wildman–Crippen MR) is 74.2 cm³/mol. The second kappa shape index (κ2) is 6.74. The van der Waals surface area contributed by atoms with E-state index in [1.165, 1.54) is 15.8 Å². The van der Waals surface area contributed by atoms with Gasteiger partial charge in [0.2, 0.25) is 0 Å². The maximum atomic E-state index is 12.1. The third kappa shape index (κ3) is 4.11. The van der Waals surface area contributed by atoms with Crippen LogP contribution in [0, 0.1) is 0 Å². The summed E-state index contributed by atoms with van der Waals surface area (Å²) < 4.78 is 1.49. The van der Waals surface area contributed by atoms with Gasteiger partial charge in [0.05, 0.1) is 6.20 Å². The first-order valence-corrected chi connectivity index (χ1v) is 6.26. The van der Waals surface area contributed by atoms with E-state index in [0.717, 1.165) is 5.57 Å². The van der Waals surface area contributed by atoms with Crippen LogP contribution in [0.25, 0.3) is 0 Å². The molecule has 1 unspecified atom stereocenters. The van der Waals surface area contributed by atoms with Gasteiger partial charge in [0.15, 0.2) is 6.04 Å². The van der Waals surface area contributed by atoms with Crippen molar-refractivity contribution in [1.29, 1.82) is 0 Å². The predicted octanol–water partition coefficient (Wildman–Crippen LogP) is 1.15. The van der Waals surface area contributed by atoms with Crippen molar-refractivity contribution in [3.05, 3.63) is 30.1 Å². The summed E-state index contributed by atoms with van der Waals surface area (Å²) in [6.45, 7) is 8.24. The highest BCUT2D eigenvalue weighted by molar-refractivity contribution is 5.83. The molecule has 0 aliphatic rings. The Kier molecular flexibility index (Phi) is 5.31. The van der Waals surface area contributed by atoms with E-state index in [2.05, 4.69) is 17.0 Å². The normalized spacial score (nSPS) is 11.8. The number of nitrogens with one attached hydrogen (secondary N) is 1. The lowest BCUT2D eigenvalue weighted by Crippen LogP contribution is -2.44. The summed E-state index contributed by atoms with van der Waals surface area (Å²) in [4.78, 5) is 24.9. The Bertz CT molecular complexity index is 509. The van der Waals surface area contributed by atoms with Gasteiger partial charge in [-0.1, -0.05) is 12.2 Å². The van der Waals surface area contributed by atoms with Gasteiger partial charge >= 0.3 is 12.0 Å². The van der Waals surface area contributed by atoms with Gasteiger partial charge in [-0.05, 0) is 13.8 Å². The molecule has 110 valence electrons. The average Bonchev–Trinajstić information content (AvgIpc) is 2.78. The van der Waals surface area contributed by atoms with Gasteiger partial charge in [0.1, 0.15) is 0 Å². The number of aryl methyl sites for hydroxylation is 1. The van der Waals surface area contributed by atoms with Crippen molar-refractivity contribution in [3.63, 3.8) is 0 Å². The number of carboxylic acids is 1. The lowest BCUT2D eigenvalue weighted by molar-refractivity contribution is -0.139. The van der Waals surface area contributed by atoms with Crippen LogP contribution in [0.5, 0.6) is 0 Å². The SMILES string of the molecule is C=C(C)CN(CC)C(=O)NC(C(=O)O)c1cnn(C)c1. The van der Waals surface area contributed by atoms with Gasteiger partial charge in [0.25, 0.3) is 0 Å². The summed E-state index contributed by atoms with van der Waals surface area (Å²) >= 11 is 0. The van der Waals surface area contributed by atoms with Gasteiger partial charge in [0, 0.05) is 31.9 Å². The molecular weight excluding hydrogens is 260 g/mol. The maximum Gasteiger partial charge on any atom is 0.331 e. The molecule has 7 heteroatoms. The van der Waals surface area contributed by atoms with E-state index >= 15 is 0 Å². The number of hydrogen-bond acceptors (Lipinski definition) is 3. The summed E-state index contributed by atoms with van der Waals surface area (Å²) in [6, 6.07) is -1.55. The Morgan fingerprint density at radius 1 is 1.60 bits per heavy atom. The summed E-state index contributed by atoms with van der Waals surface area (Å²) in [5, 5.41) is 15.6. The molecular formula is C13H20N4O3. The van der Waals surface area contributed by atoms with Crippen LogP contribution in [-0.4, -0.2) is 44.9 Å². The molecule has 0 aromatic carbocycles. The zero-order chi connectivity index (χ0) is 15.3. The number of amides is 2. The highest BCUT2D eigenvalue weighted by Crippen LogP contribution is 2.12. The van der Waals surface area contributed by atoms with Crippen LogP contribution >= 0.6 is 0 Å². The zero-order valence-electron chi connectivity index (χ0n) is 12.0. The zero-order valence-corrected chi connectivity index (χ0v) is 12.0. The summed E-state index contributed by atoms with van der Waals surface area (Å²) in [6.07, 6.45) is 2.99. The minimum absolute atomic E-state index is 0.391. The van der Waals surface area contributed by atoms with Crippen molar-refractivity contribution in [2.45, 2.75) is 19.9 Å². The number of carbonyl (C=O) groups excluding carboxylic acids is 1. The monoisotopic (exact) mass is 280 g/mol. The number of carboxylic acid groups (broad SMARTS) is 1. The molecule has 2 N–H and O–H groups in total. The van der Waals surface area contributed by atoms with E-state index in [4.69, 9.17) is 0 Å². The van der Waals surface area contributed by atoms with Crippen molar-refractivity contribution in [3.8, 4) is 0 Å². The Balaban J connectivity index is 2.82. The quantitative estimate of drug-likeness (QED) is 0.765. The van der Waals surface area contributed by atoms with Crippen LogP contribution < -0.4 is 5.32 Å². The van der Waals surface area contributed by atoms with Crippen molar-refractivity contribution in [1.82, 2.24) is 20.0 Å². The molecule has 2 amide bonds. The highest BCUT2D eigenvalue weighted by atomic mass is 16.4. The molecule has 0 bridgehead atoms. The van der Waals surface area contributed by atoms with E-state index in [-0.39, 0.29) is 0 Å². The van der Waals surface area contributed by atoms with Gasteiger partial charge < -0.3 is 15.3 Å². The third-order valence-corrected chi connectivity index (χ3v) is 2.70. The molecule has 0 aliphatic heterocycles. The van der Waals surface area contributed by atoms with Crippen molar-refractivity contribution >= 4 is 12.0 Å². The molecule has 1 aromatic heterocycles. The molecule has 1 heterocycles. The third-order valence-electron chi connectivity index (χ3n) is 2.70. The number of urea groups is 1. The molecule has 1 rings (SSSR count). The van der Waals surface area contributed by atoms with E-state index in [1.54, 1.807) is 13.2 Å². The molecule has 0 aliphatic carbocycles. The molecule has 0 saturated carbocycles. The Hall–Kier alpha value is -2.31. The van der Waals surface area contributed by atoms with Gasteiger partial charge in [-0.3, -0.25) is 4.68 Å². The van der Waals surface area contributed by atoms with Crippen LogP contribution in [0.4, 0.5) is 4.79 Å². The molecule has 1 atom stereocenters. The smallest absolute Gasteiger partial charge is 0.331 e. The standard InChI is InChI=1S/C13H20N4O3/c1-5-17(7-9(2)3)13(20)15-11(12(18)19)10-6-14-16(4)8-10/h6,8,11H,2,5,7H2,1,3-4H3,(H,15,20)(H,18,19). The molecule has 20 heavy (non-hydrogen) atoms. The maximum absolute atomic E-state index is 12.1. The first-order valence-electron chi connectivity index (χ1n) is 6.26. The fourth-order valence-electron chi connectivity index (χ4n) is 1.74. The topological polar surface area (TPSA) is 87.5 Å². The van der Waals surface area contributed by atoms with Crippen LogP contribution in [0.1, 0.15) is 25.5 Å². The Labute approximate surface area is 117 Å². The summed E-state index contributed by atoms with van der Waals surface area (Å²) in [5.74, 6) is -1.13. The number of likely N-dealkylation sites (N-methyl/N-ethyl adjacent to an activating group) is 1. The number of rotatable bonds is 6. The Morgan fingerprint density at radius 2 is 2.25 bits per heavy atom. The lowest BCUT2D eigenvalue weighted by Gasteiger charge is -2.23. The molecule has 0 fully saturated rings. The average molecular weight is 280 g/mol. The van der Waals surface area contributed by atoms with E-state index < -0.39 is 18.0 Å². The fourth-order valence-corrected chi connectivity index (χ4v) is 1.74. The number of aliphatic carboxylic acids is 1. The highest BCUT2D eigenvalue weighted by Gasteiger charge is 2.25. The summed E-state index contributed by atoms with van der Waals surface area (Å²) in [7, 11) is 1.68. The minimum Gasteiger partial charge on any atom is -0.479 e. The van der Waals surface area contributed by atoms with Crippen LogP contribution in [-0.2, 0) is 11.8 Å².